The van der Waals surface area contributed by atoms with E-state index in [0.717, 1.165) is 24.2 Å². The summed E-state index contributed by atoms with van der Waals surface area (Å²) >= 11 is 0. The molecule has 0 saturated heterocycles. The molecule has 0 heterocycles. The van der Waals surface area contributed by atoms with Gasteiger partial charge in [-0.25, -0.2) is 0 Å². The van der Waals surface area contributed by atoms with Crippen LogP contribution in [-0.2, 0) is 11.3 Å². The first kappa shape index (κ1) is 16.2. The predicted molar refractivity (Wildman–Crippen MR) is 78.3 cm³/mol. The van der Waals surface area contributed by atoms with Gasteiger partial charge < -0.3 is 5.11 Å². The van der Waals surface area contributed by atoms with Crippen molar-refractivity contribution in [1.82, 2.24) is 4.90 Å². The maximum atomic E-state index is 10.9. The average molecular weight is 274 g/mol. The summed E-state index contributed by atoms with van der Waals surface area (Å²) in [6, 6.07) is 10.2. The molecule has 108 valence electrons. The number of carboxylic acid groups (broad SMARTS) is 1. The van der Waals surface area contributed by atoms with Crippen LogP contribution in [0.2, 0.25) is 0 Å². The second-order valence-corrected chi connectivity index (χ2v) is 5.27. The molecule has 1 rings (SSSR count). The Balaban J connectivity index is 2.73. The highest BCUT2D eigenvalue weighted by Crippen LogP contribution is 2.17. The number of hydrogen-bond donors (Lipinski definition) is 1. The Morgan fingerprint density at radius 3 is 2.35 bits per heavy atom. The van der Waals surface area contributed by atoms with Gasteiger partial charge >= 0.3 is 5.97 Å². The monoisotopic (exact) mass is 274 g/mol. The summed E-state index contributed by atoms with van der Waals surface area (Å²) in [6.45, 7) is 7.43. The summed E-state index contributed by atoms with van der Waals surface area (Å²) in [5.74, 6) is -1.29. The van der Waals surface area contributed by atoms with Crippen molar-refractivity contribution in [3.05, 3.63) is 35.4 Å². The van der Waals surface area contributed by atoms with Crippen molar-refractivity contribution in [3.63, 3.8) is 0 Å². The van der Waals surface area contributed by atoms with Gasteiger partial charge in [-0.05, 0) is 31.9 Å². The predicted octanol–water partition coefficient (Wildman–Crippen LogP) is 3.00. The Labute approximate surface area is 120 Å². The summed E-state index contributed by atoms with van der Waals surface area (Å²) in [6.07, 6.45) is 0.520. The highest BCUT2D eigenvalue weighted by molar-refractivity contribution is 5.75. The van der Waals surface area contributed by atoms with Gasteiger partial charge in [0, 0.05) is 25.6 Å². The lowest BCUT2D eigenvalue weighted by Crippen LogP contribution is -2.31. The topological polar surface area (TPSA) is 64.3 Å². The van der Waals surface area contributed by atoms with Gasteiger partial charge in [0.25, 0.3) is 0 Å². The van der Waals surface area contributed by atoms with Gasteiger partial charge in [0.2, 0.25) is 0 Å². The van der Waals surface area contributed by atoms with Crippen LogP contribution in [0.1, 0.15) is 44.2 Å². The second kappa shape index (κ2) is 7.66. The second-order valence-electron chi connectivity index (χ2n) is 5.27. The number of hydrogen-bond acceptors (Lipinski definition) is 3. The molecule has 0 aliphatic rings. The lowest BCUT2D eigenvalue weighted by molar-refractivity contribution is -0.138. The number of carbonyl (C=O) groups is 1. The summed E-state index contributed by atoms with van der Waals surface area (Å²) in [4.78, 5) is 13.2. The molecule has 4 heteroatoms. The zero-order valence-electron chi connectivity index (χ0n) is 12.3. The molecule has 0 bridgehead atoms. The summed E-state index contributed by atoms with van der Waals surface area (Å²) in [5, 5.41) is 17.7. The highest BCUT2D eigenvalue weighted by Gasteiger charge is 2.14. The number of aliphatic carboxylic acids is 1. The molecule has 0 radical (unpaired) electrons. The molecule has 0 aliphatic carbocycles. The number of rotatable bonds is 7. The molecular formula is C16H22N2O2. The van der Waals surface area contributed by atoms with Crippen LogP contribution in [0.4, 0.5) is 0 Å². The van der Waals surface area contributed by atoms with Crippen LogP contribution < -0.4 is 0 Å². The van der Waals surface area contributed by atoms with Crippen molar-refractivity contribution in [2.45, 2.75) is 45.7 Å². The van der Waals surface area contributed by atoms with Gasteiger partial charge in [0.05, 0.1) is 12.0 Å². The third-order valence-electron chi connectivity index (χ3n) is 3.48. The van der Waals surface area contributed by atoms with Gasteiger partial charge in [-0.2, -0.15) is 5.26 Å². The first-order chi connectivity index (χ1) is 9.45. The van der Waals surface area contributed by atoms with Gasteiger partial charge in [-0.15, -0.1) is 0 Å². The molecule has 0 fully saturated rings. The van der Waals surface area contributed by atoms with Crippen molar-refractivity contribution >= 4 is 5.97 Å². The maximum Gasteiger partial charge on any atom is 0.310 e. The minimum Gasteiger partial charge on any atom is -0.481 e. The molecule has 1 aromatic rings. The Morgan fingerprint density at radius 2 is 1.90 bits per heavy atom. The minimum atomic E-state index is -0.810. The first-order valence-electron chi connectivity index (χ1n) is 6.88. The van der Waals surface area contributed by atoms with E-state index in [1.807, 2.05) is 24.3 Å². The average Bonchev–Trinajstić information content (AvgIpc) is 2.42. The first-order valence-corrected chi connectivity index (χ1v) is 6.88. The van der Waals surface area contributed by atoms with Gasteiger partial charge in [0.1, 0.15) is 0 Å². The molecule has 20 heavy (non-hydrogen) atoms. The van der Waals surface area contributed by atoms with E-state index in [1.54, 1.807) is 6.92 Å². The normalized spacial score (nSPS) is 12.4. The van der Waals surface area contributed by atoms with Crippen LogP contribution in [0, 0.1) is 11.3 Å². The number of nitriles is 1. The maximum absolute atomic E-state index is 10.9. The standard InChI is InChI=1S/C16H22N2O2/c1-12(2)18(10-4-9-17)11-14-5-7-15(8-6-14)13(3)16(19)20/h5-8,12-13H,4,10-11H2,1-3H3,(H,19,20). The summed E-state index contributed by atoms with van der Waals surface area (Å²) in [7, 11) is 0. The van der Waals surface area contributed by atoms with E-state index < -0.39 is 11.9 Å². The van der Waals surface area contributed by atoms with Crippen molar-refractivity contribution in [2.24, 2.45) is 0 Å². The third-order valence-corrected chi connectivity index (χ3v) is 3.48. The molecule has 0 aromatic heterocycles. The van der Waals surface area contributed by atoms with Gasteiger partial charge in [-0.1, -0.05) is 24.3 Å². The summed E-state index contributed by atoms with van der Waals surface area (Å²) in [5.41, 5.74) is 1.95. The Hall–Kier alpha value is -1.86. The fourth-order valence-corrected chi connectivity index (χ4v) is 2.00. The molecule has 1 unspecified atom stereocenters. The van der Waals surface area contributed by atoms with E-state index in [2.05, 4.69) is 24.8 Å². The van der Waals surface area contributed by atoms with Crippen molar-refractivity contribution in [3.8, 4) is 6.07 Å². The smallest absolute Gasteiger partial charge is 0.310 e. The fourth-order valence-electron chi connectivity index (χ4n) is 2.00. The lowest BCUT2D eigenvalue weighted by atomic mass is 10.00. The van der Waals surface area contributed by atoms with Gasteiger partial charge in [0.15, 0.2) is 0 Å². The molecule has 0 aliphatic heterocycles. The SMILES string of the molecule is CC(C(=O)O)c1ccc(CN(CCC#N)C(C)C)cc1. The van der Waals surface area contributed by atoms with E-state index in [1.165, 1.54) is 0 Å². The van der Waals surface area contributed by atoms with E-state index in [4.69, 9.17) is 10.4 Å². The Kier molecular flexibility index (Phi) is 6.20. The van der Waals surface area contributed by atoms with E-state index >= 15 is 0 Å². The Morgan fingerprint density at radius 1 is 1.30 bits per heavy atom. The number of carboxylic acids is 1. The van der Waals surface area contributed by atoms with E-state index in [-0.39, 0.29) is 0 Å². The zero-order valence-corrected chi connectivity index (χ0v) is 12.3. The molecule has 0 spiro atoms. The molecule has 1 atom stereocenters. The molecule has 1 aromatic carbocycles. The zero-order chi connectivity index (χ0) is 15.1. The van der Waals surface area contributed by atoms with Crippen LogP contribution in [-0.4, -0.2) is 28.6 Å². The third kappa shape index (κ3) is 4.67. The van der Waals surface area contributed by atoms with Crippen LogP contribution in [0.3, 0.4) is 0 Å². The molecule has 1 N–H and O–H groups in total. The minimum absolute atomic E-state index is 0.376. The van der Waals surface area contributed by atoms with Crippen LogP contribution >= 0.6 is 0 Å². The van der Waals surface area contributed by atoms with E-state index in [9.17, 15) is 4.79 Å². The Bertz CT molecular complexity index is 474. The molecule has 0 saturated carbocycles. The van der Waals surface area contributed by atoms with Crippen LogP contribution in [0.25, 0.3) is 0 Å². The van der Waals surface area contributed by atoms with Crippen LogP contribution in [0.15, 0.2) is 24.3 Å². The van der Waals surface area contributed by atoms with E-state index in [0.29, 0.717) is 12.5 Å². The van der Waals surface area contributed by atoms with Crippen molar-refractivity contribution < 1.29 is 9.90 Å². The van der Waals surface area contributed by atoms with Crippen molar-refractivity contribution in [2.75, 3.05) is 6.54 Å². The molecular weight excluding hydrogens is 252 g/mol. The quantitative estimate of drug-likeness (QED) is 0.830. The lowest BCUT2D eigenvalue weighted by Gasteiger charge is -2.25. The number of nitrogens with zero attached hydrogens (tertiary/aromatic N) is 2. The summed E-state index contributed by atoms with van der Waals surface area (Å²) < 4.78 is 0. The molecule has 0 amide bonds. The number of benzene rings is 1. The van der Waals surface area contributed by atoms with Gasteiger partial charge in [-0.3, -0.25) is 9.69 Å². The van der Waals surface area contributed by atoms with Crippen LogP contribution in [0.5, 0.6) is 0 Å². The van der Waals surface area contributed by atoms with Crippen molar-refractivity contribution in [1.29, 1.82) is 5.26 Å². The largest absolute Gasteiger partial charge is 0.481 e. The molecule has 4 nitrogen and oxygen atoms in total. The fraction of sp³-hybridized carbons (Fsp3) is 0.500. The highest BCUT2D eigenvalue weighted by atomic mass is 16.4.